The van der Waals surface area contributed by atoms with Gasteiger partial charge in [-0.15, -0.1) is 0 Å². The molecular weight excluding hydrogens is 196 g/mol. The highest BCUT2D eigenvalue weighted by atomic mass is 15.1. The molecule has 2 nitrogen and oxygen atoms in total. The van der Waals surface area contributed by atoms with Gasteiger partial charge in [0.15, 0.2) is 0 Å². The fraction of sp³-hybridized carbons (Fsp3) is 1.00. The van der Waals surface area contributed by atoms with Crippen LogP contribution in [0.4, 0.5) is 0 Å². The predicted molar refractivity (Wildman–Crippen MR) is 69.4 cm³/mol. The van der Waals surface area contributed by atoms with Crippen molar-refractivity contribution >= 4 is 0 Å². The average molecular weight is 224 g/mol. The lowest BCUT2D eigenvalue weighted by molar-refractivity contribution is 0.161. The standard InChI is InChI=1S/C14H28N2/c15-11-14-7-4-9-16(12-14)10-8-13-5-2-1-3-6-13/h13-14H,1-12,15H2. The minimum absolute atomic E-state index is 0.778. The highest BCUT2D eigenvalue weighted by Gasteiger charge is 2.20. The summed E-state index contributed by atoms with van der Waals surface area (Å²) in [4.78, 5) is 2.66. The molecule has 16 heavy (non-hydrogen) atoms. The molecule has 1 heterocycles. The van der Waals surface area contributed by atoms with Gasteiger partial charge in [-0.1, -0.05) is 32.1 Å². The molecule has 0 radical (unpaired) electrons. The highest BCUT2D eigenvalue weighted by Crippen LogP contribution is 2.27. The predicted octanol–water partition coefficient (Wildman–Crippen LogP) is 2.63. The van der Waals surface area contributed by atoms with Crippen LogP contribution < -0.4 is 5.73 Å². The zero-order chi connectivity index (χ0) is 11.2. The second kappa shape index (κ2) is 6.61. The molecule has 0 spiro atoms. The molecule has 2 heteroatoms. The minimum atomic E-state index is 0.778. The van der Waals surface area contributed by atoms with E-state index in [1.54, 1.807) is 0 Å². The molecule has 1 aliphatic carbocycles. The van der Waals surface area contributed by atoms with Gasteiger partial charge in [-0.3, -0.25) is 0 Å². The number of rotatable bonds is 4. The second-order valence-electron chi connectivity index (χ2n) is 5.84. The van der Waals surface area contributed by atoms with E-state index in [1.165, 1.54) is 71.0 Å². The van der Waals surface area contributed by atoms with Crippen molar-refractivity contribution in [2.45, 2.75) is 51.4 Å². The summed E-state index contributed by atoms with van der Waals surface area (Å²) < 4.78 is 0. The summed E-state index contributed by atoms with van der Waals surface area (Å²) >= 11 is 0. The van der Waals surface area contributed by atoms with Crippen molar-refractivity contribution in [2.75, 3.05) is 26.2 Å². The van der Waals surface area contributed by atoms with E-state index in [-0.39, 0.29) is 0 Å². The zero-order valence-corrected chi connectivity index (χ0v) is 10.7. The average Bonchev–Trinajstić information content (AvgIpc) is 2.38. The maximum atomic E-state index is 5.78. The van der Waals surface area contributed by atoms with E-state index in [0.717, 1.165) is 18.4 Å². The minimum Gasteiger partial charge on any atom is -0.330 e. The monoisotopic (exact) mass is 224 g/mol. The summed E-state index contributed by atoms with van der Waals surface area (Å²) in [5.41, 5.74) is 5.78. The Morgan fingerprint density at radius 1 is 0.938 bits per heavy atom. The molecule has 2 rings (SSSR count). The Balaban J connectivity index is 1.64. The molecule has 1 unspecified atom stereocenters. The van der Waals surface area contributed by atoms with E-state index in [0.29, 0.717) is 0 Å². The molecule has 94 valence electrons. The molecule has 1 atom stereocenters. The zero-order valence-electron chi connectivity index (χ0n) is 10.7. The Kier molecular flexibility index (Phi) is 5.11. The van der Waals surface area contributed by atoms with E-state index >= 15 is 0 Å². The van der Waals surface area contributed by atoms with Gasteiger partial charge in [0.2, 0.25) is 0 Å². The van der Waals surface area contributed by atoms with Crippen LogP contribution in [0.3, 0.4) is 0 Å². The molecule has 0 aromatic rings. The number of likely N-dealkylation sites (tertiary alicyclic amines) is 1. The molecule has 0 aromatic heterocycles. The number of hydrogen-bond donors (Lipinski definition) is 1. The maximum Gasteiger partial charge on any atom is 0.00217 e. The molecule has 2 N–H and O–H groups in total. The van der Waals surface area contributed by atoms with Gasteiger partial charge in [0.05, 0.1) is 0 Å². The van der Waals surface area contributed by atoms with Crippen molar-refractivity contribution < 1.29 is 0 Å². The lowest BCUT2D eigenvalue weighted by Gasteiger charge is -2.33. The first-order chi connectivity index (χ1) is 7.88. The molecule has 0 amide bonds. The third kappa shape index (κ3) is 3.74. The van der Waals surface area contributed by atoms with Crippen molar-refractivity contribution in [1.82, 2.24) is 4.90 Å². The fourth-order valence-corrected chi connectivity index (χ4v) is 3.39. The first-order valence-corrected chi connectivity index (χ1v) is 7.31. The van der Waals surface area contributed by atoms with Crippen LogP contribution in [0.25, 0.3) is 0 Å². The second-order valence-corrected chi connectivity index (χ2v) is 5.84. The van der Waals surface area contributed by atoms with E-state index in [9.17, 15) is 0 Å². The van der Waals surface area contributed by atoms with Crippen LogP contribution in [0.1, 0.15) is 51.4 Å². The van der Waals surface area contributed by atoms with E-state index < -0.39 is 0 Å². The van der Waals surface area contributed by atoms with Crippen molar-refractivity contribution in [3.8, 4) is 0 Å². The van der Waals surface area contributed by atoms with Gasteiger partial charge in [-0.2, -0.15) is 0 Å². The summed E-state index contributed by atoms with van der Waals surface area (Å²) in [5, 5.41) is 0. The highest BCUT2D eigenvalue weighted by molar-refractivity contribution is 4.75. The molecule has 1 aliphatic heterocycles. The summed E-state index contributed by atoms with van der Waals surface area (Å²) in [6.45, 7) is 4.81. The molecular formula is C14H28N2. The van der Waals surface area contributed by atoms with E-state index in [1.807, 2.05) is 0 Å². The van der Waals surface area contributed by atoms with Gasteiger partial charge < -0.3 is 10.6 Å². The van der Waals surface area contributed by atoms with E-state index in [4.69, 9.17) is 5.73 Å². The van der Waals surface area contributed by atoms with Crippen LogP contribution in [-0.2, 0) is 0 Å². The van der Waals surface area contributed by atoms with Crippen molar-refractivity contribution in [2.24, 2.45) is 17.6 Å². The Morgan fingerprint density at radius 2 is 1.69 bits per heavy atom. The van der Waals surface area contributed by atoms with E-state index in [2.05, 4.69) is 4.90 Å². The van der Waals surface area contributed by atoms with Gasteiger partial charge >= 0.3 is 0 Å². The van der Waals surface area contributed by atoms with Crippen LogP contribution >= 0.6 is 0 Å². The lowest BCUT2D eigenvalue weighted by Crippen LogP contribution is -2.39. The quantitative estimate of drug-likeness (QED) is 0.795. The topological polar surface area (TPSA) is 29.3 Å². The molecule has 1 saturated heterocycles. The third-order valence-corrected chi connectivity index (χ3v) is 4.51. The lowest BCUT2D eigenvalue weighted by atomic mass is 9.86. The van der Waals surface area contributed by atoms with Crippen molar-refractivity contribution in [3.05, 3.63) is 0 Å². The van der Waals surface area contributed by atoms with Gasteiger partial charge in [0.1, 0.15) is 0 Å². The number of hydrogen-bond acceptors (Lipinski definition) is 2. The maximum absolute atomic E-state index is 5.78. The summed E-state index contributed by atoms with van der Waals surface area (Å²) in [6, 6.07) is 0. The van der Waals surface area contributed by atoms with Crippen LogP contribution in [-0.4, -0.2) is 31.1 Å². The molecule has 2 fully saturated rings. The first kappa shape index (κ1) is 12.4. The van der Waals surface area contributed by atoms with Gasteiger partial charge in [-0.05, 0) is 50.7 Å². The molecule has 2 aliphatic rings. The summed E-state index contributed by atoms with van der Waals surface area (Å²) in [5.74, 6) is 1.81. The van der Waals surface area contributed by atoms with Crippen LogP contribution in [0, 0.1) is 11.8 Å². The van der Waals surface area contributed by atoms with Crippen LogP contribution in [0.2, 0.25) is 0 Å². The third-order valence-electron chi connectivity index (χ3n) is 4.51. The molecule has 1 saturated carbocycles. The van der Waals surface area contributed by atoms with Crippen LogP contribution in [0.5, 0.6) is 0 Å². The number of nitrogens with zero attached hydrogens (tertiary/aromatic N) is 1. The Bertz CT molecular complexity index is 187. The largest absolute Gasteiger partial charge is 0.330 e. The fourth-order valence-electron chi connectivity index (χ4n) is 3.39. The van der Waals surface area contributed by atoms with Gasteiger partial charge in [0, 0.05) is 6.54 Å². The SMILES string of the molecule is NCC1CCCN(CCC2CCCCC2)C1. The van der Waals surface area contributed by atoms with Crippen molar-refractivity contribution in [1.29, 1.82) is 0 Å². The first-order valence-electron chi connectivity index (χ1n) is 7.31. The summed E-state index contributed by atoms with van der Waals surface area (Å²) in [7, 11) is 0. The Hall–Kier alpha value is -0.0800. The van der Waals surface area contributed by atoms with Gasteiger partial charge in [0.25, 0.3) is 0 Å². The Labute approximate surface area is 101 Å². The Morgan fingerprint density at radius 3 is 2.44 bits per heavy atom. The van der Waals surface area contributed by atoms with Crippen molar-refractivity contribution in [3.63, 3.8) is 0 Å². The van der Waals surface area contributed by atoms with Crippen LogP contribution in [0.15, 0.2) is 0 Å². The van der Waals surface area contributed by atoms with Gasteiger partial charge in [-0.25, -0.2) is 0 Å². The number of nitrogens with two attached hydrogens (primary N) is 1. The normalized spacial score (nSPS) is 29.4. The molecule has 0 aromatic carbocycles. The molecule has 0 bridgehead atoms. The smallest absolute Gasteiger partial charge is 0.00217 e. The number of piperidine rings is 1. The summed E-state index contributed by atoms with van der Waals surface area (Å²) in [6.07, 6.45) is 11.6.